The van der Waals surface area contributed by atoms with Gasteiger partial charge >= 0.3 is 0 Å². The highest BCUT2D eigenvalue weighted by atomic mass is 127. The van der Waals surface area contributed by atoms with Gasteiger partial charge in [0.15, 0.2) is 5.96 Å². The monoisotopic (exact) mass is 443 g/mol. The van der Waals surface area contributed by atoms with Gasteiger partial charge in [0.2, 0.25) is 0 Å². The number of nitrogens with one attached hydrogen (secondary N) is 2. The van der Waals surface area contributed by atoms with Crippen molar-refractivity contribution in [2.24, 2.45) is 4.99 Å². The van der Waals surface area contributed by atoms with Gasteiger partial charge in [-0.2, -0.15) is 0 Å². The Hall–Kier alpha value is -1.31. The number of halogens is 1. The third-order valence-electron chi connectivity index (χ3n) is 3.82. The van der Waals surface area contributed by atoms with Crippen LogP contribution in [0.4, 0.5) is 0 Å². The molecule has 0 aliphatic carbocycles. The van der Waals surface area contributed by atoms with Crippen LogP contribution in [0.1, 0.15) is 38.9 Å². The lowest BCUT2D eigenvalue weighted by Gasteiger charge is -2.11. The smallest absolute Gasteiger partial charge is 0.191 e. The van der Waals surface area contributed by atoms with Crippen molar-refractivity contribution in [2.75, 3.05) is 19.6 Å². The number of nitrogens with zero attached hydrogens (tertiary/aromatic N) is 3. The van der Waals surface area contributed by atoms with E-state index in [1.807, 2.05) is 6.07 Å². The minimum atomic E-state index is 0. The van der Waals surface area contributed by atoms with E-state index in [2.05, 4.69) is 64.1 Å². The van der Waals surface area contributed by atoms with Gasteiger partial charge in [0, 0.05) is 26.2 Å². The van der Waals surface area contributed by atoms with Crippen molar-refractivity contribution in [3.63, 3.8) is 0 Å². The van der Waals surface area contributed by atoms with Crippen LogP contribution in [0.25, 0.3) is 11.0 Å². The van der Waals surface area contributed by atoms with Crippen molar-refractivity contribution >= 4 is 41.0 Å². The van der Waals surface area contributed by atoms with Gasteiger partial charge in [0.1, 0.15) is 5.82 Å². The number of unbranched alkanes of at least 4 members (excludes halogenated alkanes) is 1. The summed E-state index contributed by atoms with van der Waals surface area (Å²) in [6.45, 7) is 10.00. The number of rotatable bonds is 8. The Labute approximate surface area is 162 Å². The summed E-state index contributed by atoms with van der Waals surface area (Å²) in [5.41, 5.74) is 2.28. The molecule has 134 valence electrons. The minimum absolute atomic E-state index is 0. The zero-order chi connectivity index (χ0) is 16.5. The van der Waals surface area contributed by atoms with E-state index in [1.165, 1.54) is 18.4 Å². The molecule has 0 bridgehead atoms. The van der Waals surface area contributed by atoms with E-state index >= 15 is 0 Å². The fourth-order valence-corrected chi connectivity index (χ4v) is 2.62. The lowest BCUT2D eigenvalue weighted by Crippen LogP contribution is -2.37. The number of hydrogen-bond donors (Lipinski definition) is 2. The highest BCUT2D eigenvalue weighted by Crippen LogP contribution is 2.15. The topological polar surface area (TPSA) is 54.2 Å². The third-order valence-corrected chi connectivity index (χ3v) is 3.82. The van der Waals surface area contributed by atoms with Gasteiger partial charge in [0.05, 0.1) is 11.0 Å². The highest BCUT2D eigenvalue weighted by molar-refractivity contribution is 14.0. The largest absolute Gasteiger partial charge is 0.357 e. The van der Waals surface area contributed by atoms with Crippen LogP contribution < -0.4 is 10.6 Å². The van der Waals surface area contributed by atoms with Gasteiger partial charge in [-0.05, 0) is 38.8 Å². The molecule has 0 saturated carbocycles. The molecule has 0 saturated heterocycles. The van der Waals surface area contributed by atoms with Crippen LogP contribution in [0.5, 0.6) is 0 Å². The summed E-state index contributed by atoms with van der Waals surface area (Å²) >= 11 is 0. The van der Waals surface area contributed by atoms with Gasteiger partial charge in [-0.1, -0.05) is 25.5 Å². The van der Waals surface area contributed by atoms with Crippen LogP contribution in [-0.4, -0.2) is 35.1 Å². The summed E-state index contributed by atoms with van der Waals surface area (Å²) in [6, 6.07) is 8.31. The maximum atomic E-state index is 4.66. The van der Waals surface area contributed by atoms with E-state index in [4.69, 9.17) is 0 Å². The zero-order valence-corrected chi connectivity index (χ0v) is 17.3. The van der Waals surface area contributed by atoms with E-state index in [9.17, 15) is 0 Å². The number of fused-ring (bicyclic) bond motifs is 1. The molecule has 0 fully saturated rings. The standard InChI is InChI=1S/C18H29N5.HI/c1-4-6-12-20-18(19-5-2)21-13-9-14-23-15(3)22-16-10-7-8-11-17(16)23;/h7-8,10-11H,4-6,9,12-14H2,1-3H3,(H2,19,20,21);1H. The molecular weight excluding hydrogens is 413 g/mol. The Kier molecular flexibility index (Phi) is 9.75. The molecule has 6 heteroatoms. The molecule has 0 atom stereocenters. The van der Waals surface area contributed by atoms with Crippen LogP contribution in [0.3, 0.4) is 0 Å². The molecule has 1 aromatic heterocycles. The second-order valence-corrected chi connectivity index (χ2v) is 5.69. The van der Waals surface area contributed by atoms with Crippen molar-refractivity contribution < 1.29 is 0 Å². The molecule has 0 spiro atoms. The Balaban J connectivity index is 0.00000288. The van der Waals surface area contributed by atoms with Crippen molar-refractivity contribution in [3.8, 4) is 0 Å². The molecule has 0 aliphatic heterocycles. The van der Waals surface area contributed by atoms with Gasteiger partial charge in [-0.25, -0.2) is 4.98 Å². The molecule has 2 aromatic rings. The van der Waals surface area contributed by atoms with Crippen molar-refractivity contribution in [3.05, 3.63) is 30.1 Å². The molecule has 2 N–H and O–H groups in total. The normalized spacial score (nSPS) is 11.4. The van der Waals surface area contributed by atoms with Crippen LogP contribution in [-0.2, 0) is 6.54 Å². The number of benzene rings is 1. The lowest BCUT2D eigenvalue weighted by molar-refractivity contribution is 0.644. The molecule has 1 aromatic carbocycles. The van der Waals surface area contributed by atoms with Crippen molar-refractivity contribution in [1.29, 1.82) is 0 Å². The fourth-order valence-electron chi connectivity index (χ4n) is 2.62. The first-order chi connectivity index (χ1) is 11.3. The second kappa shape index (κ2) is 11.3. The maximum Gasteiger partial charge on any atom is 0.191 e. The number of aromatic nitrogens is 2. The lowest BCUT2D eigenvalue weighted by atomic mass is 10.3. The summed E-state index contributed by atoms with van der Waals surface area (Å²) in [5.74, 6) is 2.00. The van der Waals surface area contributed by atoms with Crippen LogP contribution >= 0.6 is 24.0 Å². The van der Waals surface area contributed by atoms with Gasteiger partial charge in [-0.15, -0.1) is 24.0 Å². The second-order valence-electron chi connectivity index (χ2n) is 5.69. The first-order valence-corrected chi connectivity index (χ1v) is 8.70. The van der Waals surface area contributed by atoms with Crippen molar-refractivity contribution in [2.45, 2.75) is 46.6 Å². The molecule has 0 aliphatic rings. The number of para-hydroxylation sites is 2. The Morgan fingerprint density at radius 2 is 1.96 bits per heavy atom. The first kappa shape index (κ1) is 20.7. The summed E-state index contributed by atoms with van der Waals surface area (Å²) in [7, 11) is 0. The summed E-state index contributed by atoms with van der Waals surface area (Å²) in [4.78, 5) is 9.26. The molecule has 24 heavy (non-hydrogen) atoms. The average Bonchev–Trinajstić information content (AvgIpc) is 2.87. The Morgan fingerprint density at radius 3 is 2.71 bits per heavy atom. The Bertz CT molecular complexity index is 635. The number of aryl methyl sites for hydroxylation is 2. The number of aliphatic imine (C=N–C) groups is 1. The maximum absolute atomic E-state index is 4.66. The van der Waals surface area contributed by atoms with E-state index in [1.54, 1.807) is 0 Å². The first-order valence-electron chi connectivity index (χ1n) is 8.70. The van der Waals surface area contributed by atoms with Crippen LogP contribution in [0.15, 0.2) is 29.3 Å². The van der Waals surface area contributed by atoms with Crippen LogP contribution in [0.2, 0.25) is 0 Å². The van der Waals surface area contributed by atoms with Gasteiger partial charge in [-0.3, -0.25) is 4.99 Å². The van der Waals surface area contributed by atoms with E-state index in [0.29, 0.717) is 0 Å². The third kappa shape index (κ3) is 5.96. The van der Waals surface area contributed by atoms with E-state index < -0.39 is 0 Å². The molecule has 5 nitrogen and oxygen atoms in total. The fraction of sp³-hybridized carbons (Fsp3) is 0.556. The predicted octanol–water partition coefficient (Wildman–Crippen LogP) is 3.71. The van der Waals surface area contributed by atoms with Gasteiger partial charge < -0.3 is 15.2 Å². The number of imidazole rings is 1. The van der Waals surface area contributed by atoms with Crippen LogP contribution in [0, 0.1) is 6.92 Å². The summed E-state index contributed by atoms with van der Waals surface area (Å²) in [5, 5.41) is 6.67. The molecule has 0 radical (unpaired) electrons. The summed E-state index contributed by atoms with van der Waals surface area (Å²) in [6.07, 6.45) is 3.37. The van der Waals surface area contributed by atoms with Gasteiger partial charge in [0.25, 0.3) is 0 Å². The highest BCUT2D eigenvalue weighted by Gasteiger charge is 2.05. The quantitative estimate of drug-likeness (QED) is 0.283. The molecule has 2 rings (SSSR count). The van der Waals surface area contributed by atoms with Crippen molar-refractivity contribution in [1.82, 2.24) is 20.2 Å². The average molecular weight is 443 g/mol. The van der Waals surface area contributed by atoms with E-state index in [0.717, 1.165) is 49.9 Å². The molecular formula is C18H30IN5. The SMILES string of the molecule is CCCCNC(=NCCCn1c(C)nc2ccccc21)NCC.I. The zero-order valence-electron chi connectivity index (χ0n) is 15.0. The summed E-state index contributed by atoms with van der Waals surface area (Å²) < 4.78 is 2.28. The minimum Gasteiger partial charge on any atom is -0.357 e. The molecule has 0 amide bonds. The molecule has 1 heterocycles. The Morgan fingerprint density at radius 1 is 1.17 bits per heavy atom. The van der Waals surface area contributed by atoms with E-state index in [-0.39, 0.29) is 24.0 Å². The number of guanidine groups is 1. The predicted molar refractivity (Wildman–Crippen MR) is 113 cm³/mol. The molecule has 0 unspecified atom stereocenters. The number of hydrogen-bond acceptors (Lipinski definition) is 2.